The number of carbonyl (C=O) groups excluding carboxylic acids is 1. The number of hydroxylamine groups is 1. The average molecular weight is 263 g/mol. The first kappa shape index (κ1) is 13.4. The second-order valence-electron chi connectivity index (χ2n) is 4.19. The molecule has 0 aliphatic rings. The average Bonchev–Trinajstić information content (AvgIpc) is 2.81. The molecular weight excluding hydrogens is 246 g/mol. The largest absolute Gasteiger partial charge is 0.497 e. The summed E-state index contributed by atoms with van der Waals surface area (Å²) >= 11 is 0. The van der Waals surface area contributed by atoms with Gasteiger partial charge in [0, 0.05) is 17.4 Å². The van der Waals surface area contributed by atoms with E-state index in [0.717, 1.165) is 28.7 Å². The number of nitrogens with one attached hydrogen (secondary N) is 1. The zero-order valence-electron chi connectivity index (χ0n) is 11.1. The van der Waals surface area contributed by atoms with Crippen LogP contribution in [-0.4, -0.2) is 13.0 Å². The van der Waals surface area contributed by atoms with Crippen molar-refractivity contribution >= 4 is 16.9 Å². The molecule has 5 heteroatoms. The van der Waals surface area contributed by atoms with Gasteiger partial charge in [-0.15, -0.1) is 0 Å². The maximum absolute atomic E-state index is 11.3. The standard InChI is InChI=1S/C14H17NO4/c1-3-4-14(16)15-19-9-10-8-18-13-6-5-11(17-2)7-12(10)13/h5-8H,3-4,9H2,1-2H3,(H,15,16). The molecule has 0 radical (unpaired) electrons. The molecule has 0 atom stereocenters. The van der Waals surface area contributed by atoms with E-state index in [1.54, 1.807) is 13.4 Å². The van der Waals surface area contributed by atoms with Gasteiger partial charge in [0.2, 0.25) is 5.91 Å². The highest BCUT2D eigenvalue weighted by molar-refractivity contribution is 5.82. The highest BCUT2D eigenvalue weighted by atomic mass is 16.6. The summed E-state index contributed by atoms with van der Waals surface area (Å²) in [6, 6.07) is 5.55. The Labute approximate surface area is 111 Å². The van der Waals surface area contributed by atoms with E-state index < -0.39 is 0 Å². The van der Waals surface area contributed by atoms with Gasteiger partial charge in [0.1, 0.15) is 17.9 Å². The molecule has 1 heterocycles. The number of benzene rings is 1. The summed E-state index contributed by atoms with van der Waals surface area (Å²) in [7, 11) is 1.61. The lowest BCUT2D eigenvalue weighted by molar-refractivity contribution is -0.134. The summed E-state index contributed by atoms with van der Waals surface area (Å²) in [4.78, 5) is 16.4. The predicted molar refractivity (Wildman–Crippen MR) is 70.6 cm³/mol. The van der Waals surface area contributed by atoms with Crippen LogP contribution in [0.1, 0.15) is 25.3 Å². The van der Waals surface area contributed by atoms with E-state index in [1.807, 2.05) is 25.1 Å². The fourth-order valence-electron chi connectivity index (χ4n) is 1.77. The molecule has 0 fully saturated rings. The van der Waals surface area contributed by atoms with Crippen LogP contribution in [-0.2, 0) is 16.2 Å². The third-order valence-electron chi connectivity index (χ3n) is 2.75. The van der Waals surface area contributed by atoms with Gasteiger partial charge in [0.25, 0.3) is 0 Å². The molecule has 1 N–H and O–H groups in total. The molecule has 102 valence electrons. The quantitative estimate of drug-likeness (QED) is 0.814. The molecule has 1 aromatic carbocycles. The number of fused-ring (bicyclic) bond motifs is 1. The van der Waals surface area contributed by atoms with E-state index in [-0.39, 0.29) is 12.5 Å². The van der Waals surface area contributed by atoms with E-state index in [4.69, 9.17) is 14.0 Å². The number of rotatable bonds is 6. The lowest BCUT2D eigenvalue weighted by Crippen LogP contribution is -2.22. The number of methoxy groups -OCH3 is 1. The minimum atomic E-state index is -0.118. The molecule has 0 saturated carbocycles. The van der Waals surface area contributed by atoms with Crippen LogP contribution >= 0.6 is 0 Å². The summed E-state index contributed by atoms with van der Waals surface area (Å²) in [6.45, 7) is 2.20. The van der Waals surface area contributed by atoms with Gasteiger partial charge >= 0.3 is 0 Å². The number of amides is 1. The van der Waals surface area contributed by atoms with Gasteiger partial charge in [0.05, 0.1) is 13.4 Å². The molecule has 0 bridgehead atoms. The maximum atomic E-state index is 11.3. The third-order valence-corrected chi connectivity index (χ3v) is 2.75. The first-order chi connectivity index (χ1) is 9.24. The van der Waals surface area contributed by atoms with E-state index in [2.05, 4.69) is 5.48 Å². The molecule has 2 aromatic rings. The predicted octanol–water partition coefficient (Wildman–Crippen LogP) is 2.79. The van der Waals surface area contributed by atoms with Gasteiger partial charge in [-0.3, -0.25) is 9.63 Å². The number of carbonyl (C=O) groups is 1. The van der Waals surface area contributed by atoms with Crippen molar-refractivity contribution < 1.29 is 18.8 Å². The Morgan fingerprint density at radius 1 is 1.42 bits per heavy atom. The van der Waals surface area contributed by atoms with Gasteiger partial charge in [-0.2, -0.15) is 0 Å². The van der Waals surface area contributed by atoms with Gasteiger partial charge in [-0.25, -0.2) is 5.48 Å². The summed E-state index contributed by atoms with van der Waals surface area (Å²) in [6.07, 6.45) is 2.87. The Hall–Kier alpha value is -2.01. The Morgan fingerprint density at radius 2 is 2.26 bits per heavy atom. The maximum Gasteiger partial charge on any atom is 0.243 e. The van der Waals surface area contributed by atoms with Crippen LogP contribution in [0.25, 0.3) is 11.0 Å². The SMILES string of the molecule is CCCC(=O)NOCc1coc2ccc(OC)cc12. The first-order valence-corrected chi connectivity index (χ1v) is 6.19. The minimum absolute atomic E-state index is 0.118. The van der Waals surface area contributed by atoms with Crippen LogP contribution < -0.4 is 10.2 Å². The van der Waals surface area contributed by atoms with Crippen LogP contribution in [0, 0.1) is 0 Å². The lowest BCUT2D eigenvalue weighted by Gasteiger charge is -2.04. The summed E-state index contributed by atoms with van der Waals surface area (Å²) < 4.78 is 10.6. The smallest absolute Gasteiger partial charge is 0.243 e. The van der Waals surface area contributed by atoms with Crippen LogP contribution in [0.3, 0.4) is 0 Å². The number of furan rings is 1. The molecule has 19 heavy (non-hydrogen) atoms. The van der Waals surface area contributed by atoms with Gasteiger partial charge < -0.3 is 9.15 Å². The molecule has 2 rings (SSSR count). The van der Waals surface area contributed by atoms with Crippen molar-refractivity contribution in [2.45, 2.75) is 26.4 Å². The molecule has 1 amide bonds. The molecule has 5 nitrogen and oxygen atoms in total. The van der Waals surface area contributed by atoms with Crippen molar-refractivity contribution in [3.05, 3.63) is 30.0 Å². The number of hydrogen-bond donors (Lipinski definition) is 1. The van der Waals surface area contributed by atoms with E-state index in [1.165, 1.54) is 0 Å². The van der Waals surface area contributed by atoms with E-state index in [0.29, 0.717) is 6.42 Å². The van der Waals surface area contributed by atoms with E-state index >= 15 is 0 Å². The second kappa shape index (κ2) is 6.24. The van der Waals surface area contributed by atoms with Gasteiger partial charge in [-0.05, 0) is 24.6 Å². The monoisotopic (exact) mass is 263 g/mol. The molecule has 0 spiro atoms. The molecule has 0 aliphatic carbocycles. The van der Waals surface area contributed by atoms with Crippen LogP contribution in [0.5, 0.6) is 5.75 Å². The Kier molecular flexibility index (Phi) is 4.41. The van der Waals surface area contributed by atoms with Crippen LogP contribution in [0.15, 0.2) is 28.9 Å². The molecule has 1 aromatic heterocycles. The van der Waals surface area contributed by atoms with Crippen molar-refractivity contribution in [2.24, 2.45) is 0 Å². The molecule has 0 saturated heterocycles. The van der Waals surface area contributed by atoms with Gasteiger partial charge in [-0.1, -0.05) is 6.92 Å². The minimum Gasteiger partial charge on any atom is -0.497 e. The molecule has 0 aliphatic heterocycles. The summed E-state index contributed by atoms with van der Waals surface area (Å²) in [5, 5.41) is 0.920. The topological polar surface area (TPSA) is 60.7 Å². The van der Waals surface area contributed by atoms with Crippen LogP contribution in [0.4, 0.5) is 0 Å². The first-order valence-electron chi connectivity index (χ1n) is 6.19. The van der Waals surface area contributed by atoms with Crippen molar-refractivity contribution in [3.63, 3.8) is 0 Å². The number of hydrogen-bond acceptors (Lipinski definition) is 4. The van der Waals surface area contributed by atoms with Crippen molar-refractivity contribution in [2.75, 3.05) is 7.11 Å². The lowest BCUT2D eigenvalue weighted by atomic mass is 10.2. The summed E-state index contributed by atoms with van der Waals surface area (Å²) in [5.41, 5.74) is 4.03. The van der Waals surface area contributed by atoms with Crippen molar-refractivity contribution in [3.8, 4) is 5.75 Å². The van der Waals surface area contributed by atoms with Crippen LogP contribution in [0.2, 0.25) is 0 Å². The molecule has 0 unspecified atom stereocenters. The Bertz CT molecular complexity index is 562. The number of ether oxygens (including phenoxy) is 1. The molecular formula is C14H17NO4. The fraction of sp³-hybridized carbons (Fsp3) is 0.357. The van der Waals surface area contributed by atoms with E-state index in [9.17, 15) is 4.79 Å². The highest BCUT2D eigenvalue weighted by Crippen LogP contribution is 2.26. The highest BCUT2D eigenvalue weighted by Gasteiger charge is 2.08. The zero-order chi connectivity index (χ0) is 13.7. The third kappa shape index (κ3) is 3.26. The van der Waals surface area contributed by atoms with Crippen molar-refractivity contribution in [1.82, 2.24) is 5.48 Å². The zero-order valence-corrected chi connectivity index (χ0v) is 11.1. The normalized spacial score (nSPS) is 10.6. The summed E-state index contributed by atoms with van der Waals surface area (Å²) in [5.74, 6) is 0.637. The Morgan fingerprint density at radius 3 is 3.00 bits per heavy atom. The fourth-order valence-corrected chi connectivity index (χ4v) is 1.77. The van der Waals surface area contributed by atoms with Gasteiger partial charge in [0.15, 0.2) is 0 Å². The Balaban J connectivity index is 2.02. The second-order valence-corrected chi connectivity index (χ2v) is 4.19. The van der Waals surface area contributed by atoms with Crippen molar-refractivity contribution in [1.29, 1.82) is 0 Å².